The molecule has 2 aromatic rings. The predicted molar refractivity (Wildman–Crippen MR) is 84.8 cm³/mol. The van der Waals surface area contributed by atoms with Crippen LogP contribution in [0.2, 0.25) is 5.02 Å². The molecule has 0 saturated heterocycles. The van der Waals surface area contributed by atoms with Gasteiger partial charge in [-0.15, -0.1) is 0 Å². The summed E-state index contributed by atoms with van der Waals surface area (Å²) in [6, 6.07) is 10.6. The Labute approximate surface area is 131 Å². The first-order chi connectivity index (χ1) is 9.51. The van der Waals surface area contributed by atoms with E-state index in [9.17, 15) is 4.79 Å². The number of anilines is 1. The number of ether oxygens (including phenoxy) is 1. The molecule has 0 aliphatic carbocycles. The molecule has 3 nitrogen and oxygen atoms in total. The summed E-state index contributed by atoms with van der Waals surface area (Å²) in [6.07, 6.45) is 0. The molecule has 20 heavy (non-hydrogen) atoms. The van der Waals surface area contributed by atoms with Crippen molar-refractivity contribution >= 4 is 39.1 Å². The molecule has 1 N–H and O–H groups in total. The third-order valence-electron chi connectivity index (χ3n) is 2.84. The van der Waals surface area contributed by atoms with Gasteiger partial charge in [-0.3, -0.25) is 4.79 Å². The molecular weight excluding hydrogens is 342 g/mol. The minimum Gasteiger partial charge on any atom is -0.496 e. The van der Waals surface area contributed by atoms with Gasteiger partial charge >= 0.3 is 0 Å². The fourth-order valence-electron chi connectivity index (χ4n) is 1.72. The Balaban J connectivity index is 2.25. The molecule has 0 aromatic heterocycles. The van der Waals surface area contributed by atoms with Crippen molar-refractivity contribution < 1.29 is 9.53 Å². The maximum Gasteiger partial charge on any atom is 0.259 e. The number of aryl methyl sites for hydroxylation is 1. The first-order valence-corrected chi connectivity index (χ1v) is 7.09. The molecular formula is C15H13BrClNO2. The van der Waals surface area contributed by atoms with Crippen LogP contribution in [0.4, 0.5) is 5.69 Å². The van der Waals surface area contributed by atoms with Gasteiger partial charge in [-0.25, -0.2) is 0 Å². The summed E-state index contributed by atoms with van der Waals surface area (Å²) in [6.45, 7) is 1.91. The zero-order valence-corrected chi connectivity index (χ0v) is 13.4. The highest BCUT2D eigenvalue weighted by Gasteiger charge is 2.13. The zero-order chi connectivity index (χ0) is 14.7. The molecule has 2 rings (SSSR count). The lowest BCUT2D eigenvalue weighted by molar-refractivity contribution is 0.102. The average molecular weight is 355 g/mol. The lowest BCUT2D eigenvalue weighted by Gasteiger charge is -2.10. The second kappa shape index (κ2) is 6.29. The normalized spacial score (nSPS) is 10.2. The maximum atomic E-state index is 12.3. The molecule has 0 fully saturated rings. The summed E-state index contributed by atoms with van der Waals surface area (Å²) in [5.41, 5.74) is 2.08. The molecule has 0 aliphatic heterocycles. The van der Waals surface area contributed by atoms with Gasteiger partial charge in [-0.2, -0.15) is 0 Å². The van der Waals surface area contributed by atoms with Crippen LogP contribution in [0.3, 0.4) is 0 Å². The molecule has 5 heteroatoms. The standard InChI is InChI=1S/C15H13BrClNO2/c1-9-3-5-11(8-13(9)17)18-15(19)12-6-4-10(16)7-14(12)20-2/h3-8H,1-2H3,(H,18,19). The van der Waals surface area contributed by atoms with E-state index in [0.717, 1.165) is 10.0 Å². The monoisotopic (exact) mass is 353 g/mol. The molecule has 2 aromatic carbocycles. The highest BCUT2D eigenvalue weighted by molar-refractivity contribution is 9.10. The Bertz CT molecular complexity index is 658. The second-order valence-corrected chi connectivity index (χ2v) is 5.59. The number of carbonyl (C=O) groups excluding carboxylic acids is 1. The number of hydrogen-bond donors (Lipinski definition) is 1. The molecule has 0 radical (unpaired) electrons. The minimum atomic E-state index is -0.241. The van der Waals surface area contributed by atoms with E-state index in [-0.39, 0.29) is 5.91 Å². The molecule has 1 amide bonds. The van der Waals surface area contributed by atoms with Gasteiger partial charge in [0.15, 0.2) is 0 Å². The number of amides is 1. The van der Waals surface area contributed by atoms with Crippen LogP contribution in [0.15, 0.2) is 40.9 Å². The van der Waals surface area contributed by atoms with Crippen LogP contribution < -0.4 is 10.1 Å². The number of rotatable bonds is 3. The molecule has 0 aliphatic rings. The largest absolute Gasteiger partial charge is 0.496 e. The van der Waals surface area contributed by atoms with E-state index >= 15 is 0 Å². The van der Waals surface area contributed by atoms with Crippen LogP contribution in [0, 0.1) is 6.92 Å². The van der Waals surface area contributed by atoms with Crippen molar-refractivity contribution in [3.05, 3.63) is 57.0 Å². The smallest absolute Gasteiger partial charge is 0.259 e. The van der Waals surface area contributed by atoms with Gasteiger partial charge in [-0.05, 0) is 42.8 Å². The van der Waals surface area contributed by atoms with Crippen LogP contribution in [-0.4, -0.2) is 13.0 Å². The SMILES string of the molecule is COc1cc(Br)ccc1C(=O)Nc1ccc(C)c(Cl)c1. The second-order valence-electron chi connectivity index (χ2n) is 4.26. The Morgan fingerprint density at radius 3 is 2.65 bits per heavy atom. The number of benzene rings is 2. The summed E-state index contributed by atoms with van der Waals surface area (Å²) in [5, 5.41) is 3.42. The quantitative estimate of drug-likeness (QED) is 0.869. The van der Waals surface area contributed by atoms with Crippen molar-refractivity contribution in [1.29, 1.82) is 0 Å². The number of hydrogen-bond acceptors (Lipinski definition) is 2. The number of nitrogens with one attached hydrogen (secondary N) is 1. The lowest BCUT2D eigenvalue weighted by atomic mass is 10.1. The van der Waals surface area contributed by atoms with E-state index in [1.165, 1.54) is 7.11 Å². The summed E-state index contributed by atoms with van der Waals surface area (Å²) < 4.78 is 6.06. The minimum absolute atomic E-state index is 0.241. The van der Waals surface area contributed by atoms with Gasteiger partial charge in [0.2, 0.25) is 0 Å². The number of methoxy groups -OCH3 is 1. The molecule has 0 atom stereocenters. The van der Waals surface area contributed by atoms with E-state index in [2.05, 4.69) is 21.2 Å². The van der Waals surface area contributed by atoms with Crippen LogP contribution in [0.5, 0.6) is 5.75 Å². The van der Waals surface area contributed by atoms with Gasteiger partial charge in [0.25, 0.3) is 5.91 Å². The topological polar surface area (TPSA) is 38.3 Å². The average Bonchev–Trinajstić information content (AvgIpc) is 2.42. The Morgan fingerprint density at radius 2 is 2.00 bits per heavy atom. The summed E-state index contributed by atoms with van der Waals surface area (Å²) in [7, 11) is 1.53. The molecule has 0 unspecified atom stereocenters. The Hall–Kier alpha value is -1.52. The molecule has 0 bridgehead atoms. The fourth-order valence-corrected chi connectivity index (χ4v) is 2.24. The highest BCUT2D eigenvalue weighted by atomic mass is 79.9. The van der Waals surface area contributed by atoms with Crippen LogP contribution in [0.1, 0.15) is 15.9 Å². The van der Waals surface area contributed by atoms with E-state index in [0.29, 0.717) is 22.0 Å². The summed E-state index contributed by atoms with van der Waals surface area (Å²) >= 11 is 9.38. The fraction of sp³-hybridized carbons (Fsp3) is 0.133. The van der Waals surface area contributed by atoms with Crippen molar-refractivity contribution in [3.63, 3.8) is 0 Å². The number of carbonyl (C=O) groups is 1. The Kier molecular flexibility index (Phi) is 4.68. The van der Waals surface area contributed by atoms with Gasteiger partial charge in [0, 0.05) is 15.2 Å². The predicted octanol–water partition coefficient (Wildman–Crippen LogP) is 4.67. The molecule has 104 valence electrons. The van der Waals surface area contributed by atoms with E-state index < -0.39 is 0 Å². The molecule has 0 heterocycles. The Morgan fingerprint density at radius 1 is 1.25 bits per heavy atom. The maximum absolute atomic E-state index is 12.3. The van der Waals surface area contributed by atoms with Crippen molar-refractivity contribution in [2.24, 2.45) is 0 Å². The van der Waals surface area contributed by atoms with Crippen molar-refractivity contribution in [2.45, 2.75) is 6.92 Å². The molecule has 0 saturated carbocycles. The van der Waals surface area contributed by atoms with Gasteiger partial charge in [-0.1, -0.05) is 33.6 Å². The van der Waals surface area contributed by atoms with Gasteiger partial charge < -0.3 is 10.1 Å². The van der Waals surface area contributed by atoms with Crippen LogP contribution in [-0.2, 0) is 0 Å². The third kappa shape index (κ3) is 3.32. The van der Waals surface area contributed by atoms with E-state index in [1.807, 2.05) is 19.1 Å². The van der Waals surface area contributed by atoms with Crippen molar-refractivity contribution in [1.82, 2.24) is 0 Å². The summed E-state index contributed by atoms with van der Waals surface area (Å²) in [4.78, 5) is 12.3. The zero-order valence-electron chi connectivity index (χ0n) is 11.0. The van der Waals surface area contributed by atoms with Crippen LogP contribution in [0.25, 0.3) is 0 Å². The van der Waals surface area contributed by atoms with E-state index in [4.69, 9.17) is 16.3 Å². The highest BCUT2D eigenvalue weighted by Crippen LogP contribution is 2.25. The first kappa shape index (κ1) is 14.9. The third-order valence-corrected chi connectivity index (χ3v) is 3.74. The van der Waals surface area contributed by atoms with Crippen molar-refractivity contribution in [2.75, 3.05) is 12.4 Å². The van der Waals surface area contributed by atoms with Gasteiger partial charge in [0.1, 0.15) is 5.75 Å². The summed E-state index contributed by atoms with van der Waals surface area (Å²) in [5.74, 6) is 0.268. The number of halogens is 2. The lowest BCUT2D eigenvalue weighted by Crippen LogP contribution is -2.13. The van der Waals surface area contributed by atoms with Crippen LogP contribution >= 0.6 is 27.5 Å². The molecule has 0 spiro atoms. The van der Waals surface area contributed by atoms with Gasteiger partial charge in [0.05, 0.1) is 12.7 Å². The first-order valence-electron chi connectivity index (χ1n) is 5.92. The van der Waals surface area contributed by atoms with Crippen molar-refractivity contribution in [3.8, 4) is 5.75 Å². The van der Waals surface area contributed by atoms with E-state index in [1.54, 1.807) is 24.3 Å².